The monoisotopic (exact) mass is 278 g/mol. The van der Waals surface area contributed by atoms with Crippen molar-refractivity contribution in [1.82, 2.24) is 0 Å². The molecule has 0 heterocycles. The highest BCUT2D eigenvalue weighted by Crippen LogP contribution is 2.28. The first kappa shape index (κ1) is 14.2. The van der Waals surface area contributed by atoms with Crippen molar-refractivity contribution in [3.63, 3.8) is 0 Å². The van der Waals surface area contributed by atoms with Gasteiger partial charge in [-0.3, -0.25) is 0 Å². The van der Waals surface area contributed by atoms with Crippen molar-refractivity contribution < 1.29 is 2.74 Å². The Hall–Kier alpha value is -0.780. The van der Waals surface area contributed by atoms with Crippen molar-refractivity contribution >= 4 is 0 Å². The summed E-state index contributed by atoms with van der Waals surface area (Å²) < 4.78 is 15.7. The van der Waals surface area contributed by atoms with E-state index in [1.165, 1.54) is 32.1 Å². The van der Waals surface area contributed by atoms with Crippen LogP contribution in [0.15, 0.2) is 30.3 Å². The van der Waals surface area contributed by atoms with E-state index >= 15 is 0 Å². The summed E-state index contributed by atoms with van der Waals surface area (Å²) in [6.07, 6.45) is 6.89. The SMILES string of the molecule is [3H]C(C(C)C)C1CCCCC1.[3H]C(c1ccccc1)C(C)C. The van der Waals surface area contributed by atoms with E-state index < -0.39 is 0 Å². The second kappa shape index (κ2) is 10.0. The maximum Gasteiger partial charge on any atom is 0.0319 e. The van der Waals surface area contributed by atoms with Gasteiger partial charge in [-0.1, -0.05) is 90.1 Å². The zero-order valence-corrected chi connectivity index (χ0v) is 13.8. The predicted octanol–water partition coefficient (Wildman–Crippen LogP) is 6.50. The van der Waals surface area contributed by atoms with Crippen LogP contribution in [0.1, 0.15) is 74.5 Å². The van der Waals surface area contributed by atoms with Crippen molar-refractivity contribution in [3.05, 3.63) is 35.9 Å². The molecule has 0 bridgehead atoms. The molecule has 1 aromatic carbocycles. The summed E-state index contributed by atoms with van der Waals surface area (Å²) in [6, 6.07) is 9.98. The van der Waals surface area contributed by atoms with Gasteiger partial charge >= 0.3 is 0 Å². The highest BCUT2D eigenvalue weighted by Gasteiger charge is 2.13. The quantitative estimate of drug-likeness (QED) is 0.590. The first-order valence-corrected chi connectivity index (χ1v) is 8.33. The molecule has 20 heavy (non-hydrogen) atoms. The third kappa shape index (κ3) is 8.40. The van der Waals surface area contributed by atoms with Crippen LogP contribution in [0.4, 0.5) is 0 Å². The number of hydrogen-bond donors (Lipinski definition) is 0. The molecule has 0 saturated heterocycles. The molecule has 0 heteroatoms. The molecule has 0 radical (unpaired) electrons. The van der Waals surface area contributed by atoms with Crippen molar-refractivity contribution in [3.8, 4) is 0 Å². The van der Waals surface area contributed by atoms with E-state index in [2.05, 4.69) is 27.7 Å². The highest BCUT2D eigenvalue weighted by molar-refractivity contribution is 5.14. The lowest BCUT2D eigenvalue weighted by atomic mass is 9.84. The molecule has 1 saturated carbocycles. The molecular weight excluding hydrogens is 240 g/mol. The van der Waals surface area contributed by atoms with Crippen LogP contribution in [-0.4, -0.2) is 0 Å². The average molecular weight is 279 g/mol. The Morgan fingerprint density at radius 2 is 1.55 bits per heavy atom. The third-order valence-corrected chi connectivity index (χ3v) is 3.63. The molecule has 0 aromatic heterocycles. The largest absolute Gasteiger partial charge is 0.0628 e. The molecule has 1 aliphatic carbocycles. The lowest BCUT2D eigenvalue weighted by Crippen LogP contribution is -2.08. The highest BCUT2D eigenvalue weighted by atomic mass is 14.2. The summed E-state index contributed by atoms with van der Waals surface area (Å²) in [5.74, 6) is 1.67. The van der Waals surface area contributed by atoms with E-state index in [-0.39, 0.29) is 12.8 Å². The standard InChI is InChI=1S/C10H20.C10H14/c2*1-9(2)8-10-6-4-3-5-7-10/h9-10H,3-8H2,1-2H3;3-7,9H,8H2,1-2H3/i2*8T. The number of hydrogen-bond acceptors (Lipinski definition) is 0. The van der Waals surface area contributed by atoms with Gasteiger partial charge in [-0.25, -0.2) is 0 Å². The van der Waals surface area contributed by atoms with E-state index in [1.807, 2.05) is 30.3 Å². The van der Waals surface area contributed by atoms with Crippen LogP contribution >= 0.6 is 0 Å². The van der Waals surface area contributed by atoms with Gasteiger partial charge in [0.25, 0.3) is 0 Å². The van der Waals surface area contributed by atoms with Gasteiger partial charge < -0.3 is 0 Å². The zero-order valence-electron chi connectivity index (χ0n) is 15.8. The van der Waals surface area contributed by atoms with Crippen LogP contribution in [0.3, 0.4) is 0 Å². The van der Waals surface area contributed by atoms with E-state index in [1.54, 1.807) is 0 Å². The third-order valence-electron chi connectivity index (χ3n) is 3.63. The lowest BCUT2D eigenvalue weighted by molar-refractivity contribution is 0.305. The van der Waals surface area contributed by atoms with Gasteiger partial charge in [-0.05, 0) is 36.1 Å². The second-order valence-electron chi connectivity index (χ2n) is 6.66. The molecule has 2 atom stereocenters. The molecule has 0 spiro atoms. The molecule has 1 aliphatic rings. The molecule has 0 N–H and O–H groups in total. The molecule has 1 aromatic rings. The van der Waals surface area contributed by atoms with Gasteiger partial charge in [-0.15, -0.1) is 0 Å². The number of benzene rings is 1. The van der Waals surface area contributed by atoms with Crippen LogP contribution < -0.4 is 0 Å². The van der Waals surface area contributed by atoms with Crippen molar-refractivity contribution in [1.29, 1.82) is 0 Å². The maximum atomic E-state index is 7.92. The van der Waals surface area contributed by atoms with E-state index in [4.69, 9.17) is 2.74 Å². The minimum absolute atomic E-state index is 0.0730. The molecule has 0 nitrogen and oxygen atoms in total. The van der Waals surface area contributed by atoms with Gasteiger partial charge in [0.05, 0.1) is 0 Å². The summed E-state index contributed by atoms with van der Waals surface area (Å²) in [6.45, 7) is 8.49. The van der Waals surface area contributed by atoms with Gasteiger partial charge in [0.1, 0.15) is 0 Å². The van der Waals surface area contributed by atoms with Gasteiger partial charge in [0.15, 0.2) is 0 Å². The molecule has 0 aliphatic heterocycles. The Morgan fingerprint density at radius 1 is 0.950 bits per heavy atom. The molecule has 1 fully saturated rings. The van der Waals surface area contributed by atoms with Crippen molar-refractivity contribution in [2.75, 3.05) is 0 Å². The summed E-state index contributed by atoms with van der Waals surface area (Å²) in [5, 5.41) is 0. The Bertz CT molecular complexity index is 380. The molecule has 114 valence electrons. The van der Waals surface area contributed by atoms with Gasteiger partial charge in [0.2, 0.25) is 0 Å². The Kier molecular flexibility index (Phi) is 7.10. The molecular formula is C20H34. The Balaban J connectivity index is 0.000000220. The van der Waals surface area contributed by atoms with Gasteiger partial charge in [-0.2, -0.15) is 0 Å². The summed E-state index contributed by atoms with van der Waals surface area (Å²) in [5.41, 5.74) is 1.11. The minimum atomic E-state index is -0.0730. The van der Waals surface area contributed by atoms with E-state index in [9.17, 15) is 0 Å². The average Bonchev–Trinajstić information content (AvgIpc) is 2.55. The Morgan fingerprint density at radius 3 is 2.05 bits per heavy atom. The van der Waals surface area contributed by atoms with E-state index in [0.29, 0.717) is 17.8 Å². The normalized spacial score (nSPS) is 20.7. The summed E-state index contributed by atoms with van der Waals surface area (Å²) in [4.78, 5) is 0. The Labute approximate surface area is 129 Å². The van der Waals surface area contributed by atoms with E-state index in [0.717, 1.165) is 5.56 Å². The van der Waals surface area contributed by atoms with Crippen LogP contribution in [0.2, 0.25) is 0 Å². The predicted molar refractivity (Wildman–Crippen MR) is 91.0 cm³/mol. The zero-order chi connectivity index (χ0) is 16.5. The molecule has 2 unspecified atom stereocenters. The fourth-order valence-corrected chi connectivity index (χ4v) is 2.82. The first-order chi connectivity index (χ1) is 10.4. The maximum absolute atomic E-state index is 7.92. The fraction of sp³-hybridized carbons (Fsp3) is 0.700. The summed E-state index contributed by atoms with van der Waals surface area (Å²) >= 11 is 0. The second-order valence-corrected chi connectivity index (χ2v) is 6.66. The summed E-state index contributed by atoms with van der Waals surface area (Å²) in [7, 11) is 0. The molecule has 2 rings (SSSR count). The number of rotatable bonds is 4. The van der Waals surface area contributed by atoms with Crippen LogP contribution in [0.25, 0.3) is 0 Å². The van der Waals surface area contributed by atoms with Crippen LogP contribution in [-0.2, 0) is 6.40 Å². The topological polar surface area (TPSA) is 0 Å². The smallest absolute Gasteiger partial charge is 0.0319 e. The van der Waals surface area contributed by atoms with Crippen LogP contribution in [0, 0.1) is 17.8 Å². The molecule has 0 amide bonds. The van der Waals surface area contributed by atoms with Crippen LogP contribution in [0.5, 0.6) is 0 Å². The van der Waals surface area contributed by atoms with Crippen molar-refractivity contribution in [2.45, 2.75) is 72.6 Å². The minimum Gasteiger partial charge on any atom is -0.0628 e. The van der Waals surface area contributed by atoms with Crippen molar-refractivity contribution in [2.24, 2.45) is 17.8 Å². The lowest BCUT2D eigenvalue weighted by Gasteiger charge is -2.22. The fourth-order valence-electron chi connectivity index (χ4n) is 2.82. The first-order valence-electron chi connectivity index (χ1n) is 9.48. The van der Waals surface area contributed by atoms with Gasteiger partial charge in [0, 0.05) is 2.74 Å².